The van der Waals surface area contributed by atoms with Crippen molar-refractivity contribution in [3.63, 3.8) is 0 Å². The van der Waals surface area contributed by atoms with Crippen molar-refractivity contribution in [2.75, 3.05) is 6.54 Å². The Morgan fingerprint density at radius 1 is 1.50 bits per heavy atom. The number of carboxylic acids is 1. The molecule has 0 aromatic carbocycles. The third-order valence-electron chi connectivity index (χ3n) is 0.866. The lowest BCUT2D eigenvalue weighted by molar-refractivity contribution is -0.138. The molecule has 0 aliphatic carbocycles. The van der Waals surface area contributed by atoms with Crippen LogP contribution in [0.5, 0.6) is 0 Å². The highest BCUT2D eigenvalue weighted by Gasteiger charge is 2.09. The predicted octanol–water partition coefficient (Wildman–Crippen LogP) is 0.371. The van der Waals surface area contributed by atoms with Gasteiger partial charge in [0.2, 0.25) is 0 Å². The standard InChI is InChI=1S/C6H14N2O2.2ClH/c7-4-2-1-3-5(8)6(9)10;;/h5H,1-4,7-8H2,(H,9,10);2*1H/t5-;;/m0../s1/i1D2,2D2;;. The normalized spacial score (nSPS) is 18.2. The lowest BCUT2D eigenvalue weighted by atomic mass is 10.1. The minimum Gasteiger partial charge on any atom is -0.480 e. The van der Waals surface area contributed by atoms with Crippen molar-refractivity contribution in [3.8, 4) is 0 Å². The smallest absolute Gasteiger partial charge is 0.320 e. The predicted molar refractivity (Wildman–Crippen MR) is 53.0 cm³/mol. The maximum atomic E-state index is 10.3. The minimum atomic E-state index is -2.35. The summed E-state index contributed by atoms with van der Waals surface area (Å²) in [5, 5.41) is 8.44. The lowest BCUT2D eigenvalue weighted by Crippen LogP contribution is -2.29. The fourth-order valence-electron chi connectivity index (χ4n) is 0.342. The Kier molecular flexibility index (Phi) is 7.83. The van der Waals surface area contributed by atoms with E-state index in [2.05, 4.69) is 0 Å². The molecule has 0 amide bonds. The molecule has 5 N–H and O–H groups in total. The molecule has 0 saturated carbocycles. The summed E-state index contributed by atoms with van der Waals surface area (Å²) in [7, 11) is 0. The van der Waals surface area contributed by atoms with Gasteiger partial charge in [-0.1, -0.05) is 6.37 Å². The van der Waals surface area contributed by atoms with Crippen molar-refractivity contribution in [2.24, 2.45) is 11.5 Å². The van der Waals surface area contributed by atoms with E-state index in [1.165, 1.54) is 0 Å². The fourth-order valence-corrected chi connectivity index (χ4v) is 0.342. The first-order valence-electron chi connectivity index (χ1n) is 4.82. The summed E-state index contributed by atoms with van der Waals surface area (Å²) in [6.45, 7) is -0.521. The van der Waals surface area contributed by atoms with E-state index in [0.29, 0.717) is 0 Å². The summed E-state index contributed by atoms with van der Waals surface area (Å²) < 4.78 is 29.1. The number of halogens is 2. The molecule has 12 heavy (non-hydrogen) atoms. The monoisotopic (exact) mass is 222 g/mol. The van der Waals surface area contributed by atoms with Gasteiger partial charge in [0.15, 0.2) is 0 Å². The van der Waals surface area contributed by atoms with Gasteiger partial charge in [-0.25, -0.2) is 0 Å². The second-order valence-electron chi connectivity index (χ2n) is 1.71. The van der Waals surface area contributed by atoms with Gasteiger partial charge >= 0.3 is 5.97 Å². The molecule has 0 fully saturated rings. The number of rotatable bonds is 5. The van der Waals surface area contributed by atoms with Gasteiger partial charge in [0.25, 0.3) is 0 Å². The van der Waals surface area contributed by atoms with Crippen LogP contribution in [0.3, 0.4) is 0 Å². The number of aliphatic carboxylic acids is 1. The average Bonchev–Trinajstić information content (AvgIpc) is 2.03. The van der Waals surface area contributed by atoms with E-state index in [1.807, 2.05) is 0 Å². The zero-order chi connectivity index (χ0) is 11.6. The van der Waals surface area contributed by atoms with Gasteiger partial charge in [-0.05, 0) is 19.3 Å². The van der Waals surface area contributed by atoms with Crippen LogP contribution in [0.2, 0.25) is 0 Å². The van der Waals surface area contributed by atoms with Crippen molar-refractivity contribution >= 4 is 30.8 Å². The molecule has 1 atom stereocenters. The summed E-state index contributed by atoms with van der Waals surface area (Å²) >= 11 is 0. The van der Waals surface area contributed by atoms with Crippen molar-refractivity contribution in [1.29, 1.82) is 0 Å². The SMILES string of the molecule is Cl.Cl.[2H]C([2H])(CN)C([2H])([2H])C[C@H](N)C(=O)O. The Balaban J connectivity index is -0.000000845. The molecule has 0 aliphatic heterocycles. The van der Waals surface area contributed by atoms with Crippen LogP contribution in [0.25, 0.3) is 0 Å². The molecular formula is C6H16Cl2N2O2. The first kappa shape index (κ1) is 8.56. The third-order valence-corrected chi connectivity index (χ3v) is 0.866. The number of carboxylic acid groups (broad SMARTS) is 1. The Labute approximate surface area is 90.1 Å². The number of carbonyl (C=O) groups is 1. The molecule has 0 aromatic heterocycles. The van der Waals surface area contributed by atoms with E-state index in [0.717, 1.165) is 0 Å². The van der Waals surface area contributed by atoms with Crippen molar-refractivity contribution in [2.45, 2.75) is 25.2 Å². The summed E-state index contributed by atoms with van der Waals surface area (Å²) in [6, 6.07) is -1.42. The fraction of sp³-hybridized carbons (Fsp3) is 0.833. The van der Waals surface area contributed by atoms with E-state index < -0.39 is 37.7 Å². The molecule has 76 valence electrons. The molecule has 0 saturated heterocycles. The van der Waals surface area contributed by atoms with Gasteiger partial charge in [-0.15, -0.1) is 24.8 Å². The lowest BCUT2D eigenvalue weighted by Gasteiger charge is -2.03. The van der Waals surface area contributed by atoms with E-state index >= 15 is 0 Å². The van der Waals surface area contributed by atoms with E-state index in [-0.39, 0.29) is 24.8 Å². The Hall–Kier alpha value is -0.0300. The Bertz CT molecular complexity index is 231. The zero-order valence-electron chi connectivity index (χ0n) is 10.3. The van der Waals surface area contributed by atoms with Crippen molar-refractivity contribution in [1.82, 2.24) is 0 Å². The largest absolute Gasteiger partial charge is 0.480 e. The number of nitrogens with two attached hydrogens (primary N) is 2. The van der Waals surface area contributed by atoms with Crippen LogP contribution in [0.4, 0.5) is 0 Å². The summed E-state index contributed by atoms with van der Waals surface area (Å²) in [6.07, 6.45) is -5.23. The number of hydrogen-bond acceptors (Lipinski definition) is 3. The molecule has 0 bridgehead atoms. The zero-order valence-corrected chi connectivity index (χ0v) is 7.95. The maximum absolute atomic E-state index is 10.3. The summed E-state index contributed by atoms with van der Waals surface area (Å²) in [5.74, 6) is -1.36. The van der Waals surface area contributed by atoms with Gasteiger partial charge in [-0.3, -0.25) is 4.79 Å². The third kappa shape index (κ3) is 9.97. The van der Waals surface area contributed by atoms with Gasteiger partial charge in [0, 0.05) is 5.48 Å². The first-order valence-corrected chi connectivity index (χ1v) is 2.82. The molecule has 0 aromatic rings. The second kappa shape index (κ2) is 11.0. The minimum absolute atomic E-state index is 0. The highest BCUT2D eigenvalue weighted by atomic mass is 35.5. The Morgan fingerprint density at radius 2 is 2.00 bits per heavy atom. The van der Waals surface area contributed by atoms with Gasteiger partial charge in [0.05, 0.1) is 0 Å². The van der Waals surface area contributed by atoms with Crippen LogP contribution in [0.15, 0.2) is 0 Å². The van der Waals surface area contributed by atoms with Crippen LogP contribution < -0.4 is 11.5 Å². The van der Waals surface area contributed by atoms with Crippen molar-refractivity contribution in [3.05, 3.63) is 0 Å². The van der Waals surface area contributed by atoms with E-state index in [9.17, 15) is 4.79 Å². The quantitative estimate of drug-likeness (QED) is 0.628. The number of hydrogen-bond donors (Lipinski definition) is 3. The van der Waals surface area contributed by atoms with Crippen LogP contribution in [-0.2, 0) is 4.79 Å². The first-order chi connectivity index (χ1) is 6.14. The summed E-state index contributed by atoms with van der Waals surface area (Å²) in [5.41, 5.74) is 10.1. The molecule has 6 heteroatoms. The molecule has 0 rings (SSSR count). The maximum Gasteiger partial charge on any atom is 0.320 e. The highest BCUT2D eigenvalue weighted by Crippen LogP contribution is 1.96. The van der Waals surface area contributed by atoms with Gasteiger partial charge in [-0.2, -0.15) is 0 Å². The average molecular weight is 223 g/mol. The highest BCUT2D eigenvalue weighted by molar-refractivity contribution is 5.85. The molecule has 4 nitrogen and oxygen atoms in total. The topological polar surface area (TPSA) is 89.3 Å². The van der Waals surface area contributed by atoms with Gasteiger partial charge < -0.3 is 16.6 Å². The molecule has 0 aliphatic rings. The van der Waals surface area contributed by atoms with Crippen LogP contribution in [-0.4, -0.2) is 23.7 Å². The van der Waals surface area contributed by atoms with E-state index in [1.54, 1.807) is 0 Å². The van der Waals surface area contributed by atoms with Crippen LogP contribution >= 0.6 is 24.8 Å². The van der Waals surface area contributed by atoms with Crippen molar-refractivity contribution < 1.29 is 15.4 Å². The van der Waals surface area contributed by atoms with E-state index in [4.69, 9.17) is 22.1 Å². The van der Waals surface area contributed by atoms with Gasteiger partial charge in [0.1, 0.15) is 6.04 Å². The second-order valence-corrected chi connectivity index (χ2v) is 1.71. The summed E-state index contributed by atoms with van der Waals surface area (Å²) in [4.78, 5) is 10.3. The molecular weight excluding hydrogens is 203 g/mol. The molecule has 0 radical (unpaired) electrons. The molecule has 0 unspecified atom stereocenters. The van der Waals surface area contributed by atoms with Crippen LogP contribution in [0.1, 0.15) is 24.6 Å². The Morgan fingerprint density at radius 3 is 2.33 bits per heavy atom. The van der Waals surface area contributed by atoms with Crippen LogP contribution in [0, 0.1) is 0 Å². The molecule has 0 spiro atoms. The molecule has 0 heterocycles.